The van der Waals surface area contributed by atoms with E-state index >= 15 is 0 Å². The predicted molar refractivity (Wildman–Crippen MR) is 82.5 cm³/mol. The molecule has 0 radical (unpaired) electrons. The molecule has 2 amide bonds. The van der Waals surface area contributed by atoms with E-state index in [0.29, 0.717) is 13.0 Å². The first kappa shape index (κ1) is 16.0. The second kappa shape index (κ2) is 5.79. The summed E-state index contributed by atoms with van der Waals surface area (Å²) in [5.74, 6) is -0.163. The highest BCUT2D eigenvalue weighted by Gasteiger charge is 2.44. The number of halogens is 1. The fourth-order valence-corrected chi connectivity index (χ4v) is 3.34. The lowest BCUT2D eigenvalue weighted by molar-refractivity contribution is -0.153. The van der Waals surface area contributed by atoms with Crippen molar-refractivity contribution in [3.8, 4) is 0 Å². The molecule has 1 unspecified atom stereocenters. The number of piperazine rings is 1. The van der Waals surface area contributed by atoms with Crippen LogP contribution in [0.3, 0.4) is 0 Å². The van der Waals surface area contributed by atoms with Crippen molar-refractivity contribution >= 4 is 27.7 Å². The van der Waals surface area contributed by atoms with Gasteiger partial charge < -0.3 is 10.2 Å². The lowest BCUT2D eigenvalue weighted by Gasteiger charge is -2.43. The molecule has 1 aliphatic rings. The van der Waals surface area contributed by atoms with Gasteiger partial charge in [-0.25, -0.2) is 0 Å². The van der Waals surface area contributed by atoms with Crippen molar-refractivity contribution in [2.75, 3.05) is 6.54 Å². The Morgan fingerprint density at radius 2 is 2.05 bits per heavy atom. The maximum absolute atomic E-state index is 12.3. The van der Waals surface area contributed by atoms with E-state index in [1.165, 1.54) is 0 Å². The second-order valence-corrected chi connectivity index (χ2v) is 6.27. The molecule has 0 spiro atoms. The maximum Gasteiger partial charge on any atom is 0.246 e. The first-order valence-electron chi connectivity index (χ1n) is 7.14. The van der Waals surface area contributed by atoms with Gasteiger partial charge in [-0.1, -0.05) is 13.8 Å². The van der Waals surface area contributed by atoms with Crippen molar-refractivity contribution in [1.29, 1.82) is 0 Å². The summed E-state index contributed by atoms with van der Waals surface area (Å²) in [5, 5.41) is 7.11. The van der Waals surface area contributed by atoms with Crippen LogP contribution >= 0.6 is 15.9 Å². The summed E-state index contributed by atoms with van der Waals surface area (Å²) in [4.78, 5) is 26.1. The number of aryl methyl sites for hydroxylation is 2. The third-order valence-electron chi connectivity index (χ3n) is 4.29. The van der Waals surface area contributed by atoms with E-state index in [9.17, 15) is 9.59 Å². The number of carbonyl (C=O) groups is 2. The zero-order valence-electron chi connectivity index (χ0n) is 12.9. The molecular formula is C14H21BrN4O2. The fraction of sp³-hybridized carbons (Fsp3) is 0.643. The molecule has 0 aromatic carbocycles. The molecule has 1 aliphatic heterocycles. The molecule has 2 rings (SSSR count). The number of carbonyl (C=O) groups excluding carboxylic acids is 2. The van der Waals surface area contributed by atoms with Crippen LogP contribution in [0.4, 0.5) is 0 Å². The molecule has 0 saturated carbocycles. The highest BCUT2D eigenvalue weighted by Crippen LogP contribution is 2.29. The van der Waals surface area contributed by atoms with Crippen LogP contribution in [0.1, 0.15) is 38.6 Å². The minimum atomic E-state index is -0.814. The van der Waals surface area contributed by atoms with Gasteiger partial charge in [-0.15, -0.1) is 0 Å². The van der Waals surface area contributed by atoms with Crippen LogP contribution in [-0.2, 0) is 29.6 Å². The van der Waals surface area contributed by atoms with Crippen molar-refractivity contribution < 1.29 is 9.59 Å². The van der Waals surface area contributed by atoms with E-state index in [0.717, 1.165) is 22.3 Å². The van der Waals surface area contributed by atoms with Crippen LogP contribution in [0.5, 0.6) is 0 Å². The average Bonchev–Trinajstić information content (AvgIpc) is 2.74. The molecule has 1 atom stereocenters. The highest BCUT2D eigenvalue weighted by molar-refractivity contribution is 9.10. The van der Waals surface area contributed by atoms with Gasteiger partial charge >= 0.3 is 0 Å². The van der Waals surface area contributed by atoms with Gasteiger partial charge in [-0.05, 0) is 35.7 Å². The van der Waals surface area contributed by atoms with Gasteiger partial charge in [0.1, 0.15) is 5.54 Å². The monoisotopic (exact) mass is 356 g/mol. The van der Waals surface area contributed by atoms with E-state index in [1.54, 1.807) is 9.58 Å². The van der Waals surface area contributed by atoms with Crippen molar-refractivity contribution in [1.82, 2.24) is 20.0 Å². The number of nitrogens with one attached hydrogen (secondary N) is 1. The zero-order chi connectivity index (χ0) is 15.8. The molecule has 1 aromatic rings. The number of aromatic nitrogens is 2. The Kier molecular flexibility index (Phi) is 4.41. The zero-order valence-corrected chi connectivity index (χ0v) is 14.5. The summed E-state index contributed by atoms with van der Waals surface area (Å²) in [5.41, 5.74) is 1.06. The van der Waals surface area contributed by atoms with E-state index in [-0.39, 0.29) is 18.4 Å². The topological polar surface area (TPSA) is 67.2 Å². The fourth-order valence-electron chi connectivity index (χ4n) is 2.59. The van der Waals surface area contributed by atoms with Crippen molar-refractivity contribution in [2.45, 2.75) is 45.7 Å². The highest BCUT2D eigenvalue weighted by atomic mass is 79.9. The van der Waals surface area contributed by atoms with Crippen molar-refractivity contribution in [3.63, 3.8) is 0 Å². The average molecular weight is 357 g/mol. The molecule has 6 nitrogen and oxygen atoms in total. The Bertz CT molecular complexity index is 584. The Morgan fingerprint density at radius 1 is 1.38 bits per heavy atom. The maximum atomic E-state index is 12.3. The Labute approximate surface area is 133 Å². The molecule has 21 heavy (non-hydrogen) atoms. The summed E-state index contributed by atoms with van der Waals surface area (Å²) in [6, 6.07) is 0. The number of hydrogen-bond donors (Lipinski definition) is 1. The minimum Gasteiger partial charge on any atom is -0.345 e. The number of rotatable bonds is 4. The van der Waals surface area contributed by atoms with Gasteiger partial charge in [-0.3, -0.25) is 14.3 Å². The summed E-state index contributed by atoms with van der Waals surface area (Å²) in [6.07, 6.45) is 1.38. The molecule has 1 saturated heterocycles. The summed E-state index contributed by atoms with van der Waals surface area (Å²) >= 11 is 3.56. The van der Waals surface area contributed by atoms with Crippen LogP contribution < -0.4 is 5.32 Å². The van der Waals surface area contributed by atoms with Gasteiger partial charge in [0.25, 0.3) is 0 Å². The Hall–Kier alpha value is -1.37. The SMILES string of the molecule is CCc1nn(C)c(CN2C(=O)CNC(=O)C2(C)CC)c1Br. The van der Waals surface area contributed by atoms with Crippen LogP contribution in [0, 0.1) is 0 Å². The van der Waals surface area contributed by atoms with Gasteiger partial charge in [0.05, 0.1) is 29.0 Å². The third-order valence-corrected chi connectivity index (χ3v) is 5.20. The molecule has 0 bridgehead atoms. The van der Waals surface area contributed by atoms with Gasteiger partial charge in [0.15, 0.2) is 0 Å². The molecule has 2 heterocycles. The predicted octanol–water partition coefficient (Wildman–Crippen LogP) is 1.37. The number of amides is 2. The normalized spacial score (nSPS) is 22.6. The van der Waals surface area contributed by atoms with E-state index in [1.807, 2.05) is 27.8 Å². The lowest BCUT2D eigenvalue weighted by Crippen LogP contribution is -2.65. The van der Waals surface area contributed by atoms with Gasteiger partial charge in [0.2, 0.25) is 11.8 Å². The largest absolute Gasteiger partial charge is 0.345 e. The molecule has 1 aromatic heterocycles. The Balaban J connectivity index is 2.38. The number of nitrogens with zero attached hydrogens (tertiary/aromatic N) is 3. The Morgan fingerprint density at radius 3 is 2.57 bits per heavy atom. The molecule has 1 fully saturated rings. The quantitative estimate of drug-likeness (QED) is 0.885. The van der Waals surface area contributed by atoms with Crippen molar-refractivity contribution in [3.05, 3.63) is 15.9 Å². The summed E-state index contributed by atoms with van der Waals surface area (Å²) < 4.78 is 2.70. The van der Waals surface area contributed by atoms with Gasteiger partial charge in [-0.2, -0.15) is 5.10 Å². The van der Waals surface area contributed by atoms with Crippen LogP contribution in [-0.4, -0.2) is 38.6 Å². The summed E-state index contributed by atoms with van der Waals surface area (Å²) in [7, 11) is 1.86. The van der Waals surface area contributed by atoms with Gasteiger partial charge in [0, 0.05) is 7.05 Å². The number of hydrogen-bond acceptors (Lipinski definition) is 3. The second-order valence-electron chi connectivity index (χ2n) is 5.47. The molecule has 116 valence electrons. The van der Waals surface area contributed by atoms with E-state index in [2.05, 4.69) is 26.3 Å². The minimum absolute atomic E-state index is 0.0600. The lowest BCUT2D eigenvalue weighted by atomic mass is 9.92. The standard InChI is InChI=1S/C14H21BrN4O2/c1-5-9-12(15)10(18(4)17-9)8-19-11(20)7-16-13(21)14(19,3)6-2/h5-8H2,1-4H3,(H,16,21). The first-order valence-corrected chi connectivity index (χ1v) is 7.93. The van der Waals surface area contributed by atoms with Crippen molar-refractivity contribution in [2.24, 2.45) is 7.05 Å². The first-order chi connectivity index (χ1) is 9.85. The van der Waals surface area contributed by atoms with Crippen LogP contribution in [0.25, 0.3) is 0 Å². The smallest absolute Gasteiger partial charge is 0.246 e. The van der Waals surface area contributed by atoms with Crippen LogP contribution in [0.2, 0.25) is 0 Å². The molecular weight excluding hydrogens is 336 g/mol. The van der Waals surface area contributed by atoms with E-state index in [4.69, 9.17) is 0 Å². The molecule has 7 heteroatoms. The van der Waals surface area contributed by atoms with Crippen LogP contribution in [0.15, 0.2) is 4.47 Å². The van der Waals surface area contributed by atoms with E-state index < -0.39 is 5.54 Å². The molecule has 0 aliphatic carbocycles. The summed E-state index contributed by atoms with van der Waals surface area (Å²) in [6.45, 7) is 6.20. The molecule has 1 N–H and O–H groups in total. The third kappa shape index (κ3) is 2.59.